The number of aryl methyl sites for hydroxylation is 1. The number of nitrogens with zero attached hydrogens (tertiary/aromatic N) is 2. The Morgan fingerprint density at radius 1 is 1.33 bits per heavy atom. The number of nitrogens with one attached hydrogen (secondary N) is 2. The van der Waals surface area contributed by atoms with Crippen LogP contribution >= 0.6 is 0 Å². The lowest BCUT2D eigenvalue weighted by molar-refractivity contribution is -0.815. The van der Waals surface area contributed by atoms with Gasteiger partial charge in [0.05, 0.1) is 0 Å². The average Bonchev–Trinajstić information content (AvgIpc) is 2.37. The molecule has 118 valence electrons. The van der Waals surface area contributed by atoms with Crippen molar-refractivity contribution in [3.8, 4) is 0 Å². The van der Waals surface area contributed by atoms with Crippen molar-refractivity contribution in [3.63, 3.8) is 0 Å². The molecule has 2 rings (SSSR count). The van der Waals surface area contributed by atoms with Crippen molar-refractivity contribution in [1.29, 1.82) is 0 Å². The van der Waals surface area contributed by atoms with Gasteiger partial charge in [0, 0.05) is 39.1 Å². The largest absolute Gasteiger partial charge is 0.381 e. The van der Waals surface area contributed by atoms with Crippen LogP contribution in [0.3, 0.4) is 0 Å². The van der Waals surface area contributed by atoms with Gasteiger partial charge in [0.1, 0.15) is 11.4 Å². The fourth-order valence-electron chi connectivity index (χ4n) is 2.73. The highest BCUT2D eigenvalue weighted by Gasteiger charge is 2.34. The van der Waals surface area contributed by atoms with E-state index in [9.17, 15) is 0 Å². The van der Waals surface area contributed by atoms with Crippen molar-refractivity contribution in [1.82, 2.24) is 10.4 Å². The third kappa shape index (κ3) is 4.64. The highest BCUT2D eigenvalue weighted by Crippen LogP contribution is 2.13. The molecular weight excluding hydrogens is 264 g/mol. The fourth-order valence-corrected chi connectivity index (χ4v) is 2.73. The SMILES string of the molecule is Cc1cc(NC(C)C)c[n+](C(C)(C)NC2CCOCC2)n1. The lowest BCUT2D eigenvalue weighted by Crippen LogP contribution is -2.65. The molecule has 2 N–H and O–H groups in total. The van der Waals surface area contributed by atoms with E-state index < -0.39 is 0 Å². The number of rotatable bonds is 5. The van der Waals surface area contributed by atoms with Gasteiger partial charge in [-0.3, -0.25) is 5.32 Å². The number of hydrogen-bond acceptors (Lipinski definition) is 4. The molecule has 0 aliphatic carbocycles. The predicted octanol–water partition coefficient (Wildman–Crippen LogP) is 1.96. The van der Waals surface area contributed by atoms with Crippen LogP contribution in [0.15, 0.2) is 12.3 Å². The van der Waals surface area contributed by atoms with Crippen LogP contribution in [-0.2, 0) is 10.4 Å². The van der Waals surface area contributed by atoms with Crippen LogP contribution in [0, 0.1) is 6.92 Å². The number of ether oxygens (including phenoxy) is 1. The molecule has 1 aromatic heterocycles. The van der Waals surface area contributed by atoms with Crippen molar-refractivity contribution >= 4 is 5.69 Å². The first kappa shape index (κ1) is 16.2. The third-order valence-corrected chi connectivity index (χ3v) is 3.70. The van der Waals surface area contributed by atoms with E-state index in [0.717, 1.165) is 37.4 Å². The van der Waals surface area contributed by atoms with E-state index in [1.807, 2.05) is 11.6 Å². The molecule has 1 aromatic rings. The van der Waals surface area contributed by atoms with Crippen LogP contribution in [0.25, 0.3) is 0 Å². The molecule has 2 heterocycles. The summed E-state index contributed by atoms with van der Waals surface area (Å²) < 4.78 is 7.46. The Labute approximate surface area is 128 Å². The van der Waals surface area contributed by atoms with Gasteiger partial charge in [-0.25, -0.2) is 0 Å². The highest BCUT2D eigenvalue weighted by atomic mass is 16.5. The first-order chi connectivity index (χ1) is 9.87. The molecule has 21 heavy (non-hydrogen) atoms. The average molecular weight is 293 g/mol. The van der Waals surface area contributed by atoms with E-state index in [2.05, 4.69) is 55.7 Å². The molecule has 1 saturated heterocycles. The molecular formula is C16H29N4O+. The Hall–Kier alpha value is -1.20. The Balaban J connectivity index is 2.15. The second-order valence-corrected chi connectivity index (χ2v) is 6.70. The van der Waals surface area contributed by atoms with Gasteiger partial charge in [-0.15, -0.1) is 0 Å². The summed E-state index contributed by atoms with van der Waals surface area (Å²) >= 11 is 0. The van der Waals surface area contributed by atoms with Gasteiger partial charge in [-0.2, -0.15) is 0 Å². The van der Waals surface area contributed by atoms with Crippen LogP contribution in [0.5, 0.6) is 0 Å². The summed E-state index contributed by atoms with van der Waals surface area (Å²) in [5.41, 5.74) is 1.91. The minimum atomic E-state index is -0.221. The molecule has 1 aliphatic heterocycles. The summed E-state index contributed by atoms with van der Waals surface area (Å²) in [4.78, 5) is 0. The topological polar surface area (TPSA) is 50.1 Å². The number of aromatic nitrogens is 2. The molecule has 0 spiro atoms. The van der Waals surface area contributed by atoms with E-state index >= 15 is 0 Å². The normalized spacial score (nSPS) is 17.2. The smallest absolute Gasteiger partial charge is 0.242 e. The van der Waals surface area contributed by atoms with Gasteiger partial charge in [-0.1, -0.05) is 4.68 Å². The third-order valence-electron chi connectivity index (χ3n) is 3.70. The van der Waals surface area contributed by atoms with E-state index in [4.69, 9.17) is 4.74 Å². The molecule has 0 bridgehead atoms. The molecule has 0 aromatic carbocycles. The van der Waals surface area contributed by atoms with Gasteiger partial charge >= 0.3 is 0 Å². The molecule has 1 fully saturated rings. The minimum absolute atomic E-state index is 0.221. The van der Waals surface area contributed by atoms with Crippen molar-refractivity contribution in [2.45, 2.75) is 65.2 Å². The maximum Gasteiger partial charge on any atom is 0.242 e. The van der Waals surface area contributed by atoms with Crippen LogP contribution in [0.4, 0.5) is 5.69 Å². The van der Waals surface area contributed by atoms with Crippen molar-refractivity contribution in [2.75, 3.05) is 18.5 Å². The summed E-state index contributed by atoms with van der Waals surface area (Å²) in [7, 11) is 0. The standard InChI is InChI=1S/C16H29N4O/c1-12(2)17-15-10-13(3)19-20(11-15)16(4,5)18-14-6-8-21-9-7-14/h10-12,14,18H,6-9H2,1-5H3,(H,17,19)/q+1. The minimum Gasteiger partial charge on any atom is -0.381 e. The summed E-state index contributed by atoms with van der Waals surface area (Å²) in [6.45, 7) is 12.4. The fraction of sp³-hybridized carbons (Fsp3) is 0.750. The maximum atomic E-state index is 5.43. The Kier molecular flexibility index (Phi) is 5.17. The summed E-state index contributed by atoms with van der Waals surface area (Å²) in [5, 5.41) is 11.8. The summed E-state index contributed by atoms with van der Waals surface area (Å²) in [6.07, 6.45) is 4.21. The van der Waals surface area contributed by atoms with Gasteiger partial charge < -0.3 is 10.1 Å². The highest BCUT2D eigenvalue weighted by molar-refractivity contribution is 5.40. The molecule has 5 nitrogen and oxygen atoms in total. The van der Waals surface area contributed by atoms with Gasteiger partial charge in [0.2, 0.25) is 11.9 Å². The quantitative estimate of drug-likeness (QED) is 0.815. The second-order valence-electron chi connectivity index (χ2n) is 6.70. The molecule has 0 radical (unpaired) electrons. The van der Waals surface area contributed by atoms with Crippen molar-refractivity contribution in [3.05, 3.63) is 18.0 Å². The molecule has 1 aliphatic rings. The van der Waals surface area contributed by atoms with Crippen LogP contribution in [0.2, 0.25) is 0 Å². The van der Waals surface area contributed by atoms with E-state index in [1.165, 1.54) is 0 Å². The Morgan fingerprint density at radius 2 is 2.00 bits per heavy atom. The van der Waals surface area contributed by atoms with E-state index in [1.54, 1.807) is 0 Å². The van der Waals surface area contributed by atoms with Crippen molar-refractivity contribution < 1.29 is 9.42 Å². The zero-order valence-electron chi connectivity index (χ0n) is 13.9. The number of anilines is 1. The lowest BCUT2D eigenvalue weighted by Gasteiger charge is -2.29. The van der Waals surface area contributed by atoms with E-state index in [0.29, 0.717) is 12.1 Å². The predicted molar refractivity (Wildman–Crippen MR) is 84.2 cm³/mol. The zero-order chi connectivity index (χ0) is 15.5. The van der Waals surface area contributed by atoms with Gasteiger partial charge in [0.25, 0.3) is 0 Å². The zero-order valence-corrected chi connectivity index (χ0v) is 13.9. The first-order valence-electron chi connectivity index (χ1n) is 7.90. The molecule has 5 heteroatoms. The monoisotopic (exact) mass is 293 g/mol. The maximum absolute atomic E-state index is 5.43. The molecule has 0 amide bonds. The second kappa shape index (κ2) is 6.71. The first-order valence-corrected chi connectivity index (χ1v) is 7.90. The van der Waals surface area contributed by atoms with Crippen LogP contribution in [-0.4, -0.2) is 30.4 Å². The lowest BCUT2D eigenvalue weighted by atomic mass is 10.1. The van der Waals surface area contributed by atoms with Crippen LogP contribution < -0.4 is 15.3 Å². The summed E-state index contributed by atoms with van der Waals surface area (Å²) in [6, 6.07) is 2.98. The molecule has 0 atom stereocenters. The number of hydrogen-bond donors (Lipinski definition) is 2. The van der Waals surface area contributed by atoms with Gasteiger partial charge in [0.15, 0.2) is 0 Å². The molecule has 0 unspecified atom stereocenters. The van der Waals surface area contributed by atoms with Crippen molar-refractivity contribution in [2.24, 2.45) is 0 Å². The summed E-state index contributed by atoms with van der Waals surface area (Å²) in [5.74, 6) is 0. The van der Waals surface area contributed by atoms with Crippen LogP contribution in [0.1, 0.15) is 46.2 Å². The Morgan fingerprint density at radius 3 is 2.62 bits per heavy atom. The van der Waals surface area contributed by atoms with E-state index in [-0.39, 0.29) is 5.66 Å². The molecule has 0 saturated carbocycles. The Bertz CT molecular complexity index is 467. The van der Waals surface area contributed by atoms with Gasteiger partial charge in [-0.05, 0) is 44.8 Å².